The Balaban J connectivity index is 1.74. The van der Waals surface area contributed by atoms with Crippen molar-refractivity contribution in [3.63, 3.8) is 0 Å². The van der Waals surface area contributed by atoms with Crippen LogP contribution >= 0.6 is 23.2 Å². The minimum atomic E-state index is -0.211. The van der Waals surface area contributed by atoms with Crippen LogP contribution in [0, 0.1) is 20.8 Å². The van der Waals surface area contributed by atoms with Gasteiger partial charge in [-0.05, 0) is 79.4 Å². The van der Waals surface area contributed by atoms with Crippen LogP contribution in [0.5, 0.6) is 11.5 Å². The Bertz CT molecular complexity index is 1110. The van der Waals surface area contributed by atoms with Gasteiger partial charge in [0.25, 0.3) is 5.91 Å². The van der Waals surface area contributed by atoms with E-state index in [2.05, 4.69) is 18.3 Å². The molecule has 0 saturated carbocycles. The fourth-order valence-corrected chi connectivity index (χ4v) is 3.76. The Morgan fingerprint density at radius 2 is 1.71 bits per heavy atom. The SMILES string of the molecule is COc1ccc(C(=O)NCc2ccc(Cl)cc2Cl)cc1COc1cc(C)cc(C)c1C. The van der Waals surface area contributed by atoms with Crippen LogP contribution in [0.25, 0.3) is 0 Å². The lowest BCUT2D eigenvalue weighted by Crippen LogP contribution is -2.23. The molecular formula is C25H25Cl2NO3. The first-order chi connectivity index (χ1) is 14.8. The summed E-state index contributed by atoms with van der Waals surface area (Å²) in [6, 6.07) is 14.6. The Labute approximate surface area is 193 Å². The minimum absolute atomic E-state index is 0.211. The maximum atomic E-state index is 12.7. The molecule has 162 valence electrons. The van der Waals surface area contributed by atoms with Gasteiger partial charge in [-0.15, -0.1) is 0 Å². The zero-order chi connectivity index (χ0) is 22.5. The fourth-order valence-electron chi connectivity index (χ4n) is 3.28. The number of amides is 1. The number of rotatable bonds is 7. The Hall–Kier alpha value is -2.69. The highest BCUT2D eigenvalue weighted by atomic mass is 35.5. The summed E-state index contributed by atoms with van der Waals surface area (Å²) in [5, 5.41) is 3.96. The smallest absolute Gasteiger partial charge is 0.251 e. The molecular weight excluding hydrogens is 433 g/mol. The number of benzene rings is 3. The van der Waals surface area contributed by atoms with Crippen LogP contribution in [0.1, 0.15) is 38.2 Å². The number of halogens is 2. The van der Waals surface area contributed by atoms with E-state index in [1.165, 1.54) is 5.56 Å². The molecule has 1 amide bonds. The fraction of sp³-hybridized carbons (Fsp3) is 0.240. The molecule has 6 heteroatoms. The second kappa shape index (κ2) is 10.1. The van der Waals surface area contributed by atoms with Crippen molar-refractivity contribution < 1.29 is 14.3 Å². The Morgan fingerprint density at radius 1 is 0.935 bits per heavy atom. The molecule has 0 aliphatic heterocycles. The molecule has 0 atom stereocenters. The molecule has 3 aromatic rings. The van der Waals surface area contributed by atoms with Crippen LogP contribution < -0.4 is 14.8 Å². The van der Waals surface area contributed by atoms with E-state index in [1.54, 1.807) is 43.5 Å². The molecule has 0 saturated heterocycles. The van der Waals surface area contributed by atoms with Gasteiger partial charge < -0.3 is 14.8 Å². The van der Waals surface area contributed by atoms with Crippen molar-refractivity contribution in [3.8, 4) is 11.5 Å². The van der Waals surface area contributed by atoms with E-state index in [0.717, 1.165) is 28.0 Å². The van der Waals surface area contributed by atoms with Gasteiger partial charge in [0, 0.05) is 27.7 Å². The van der Waals surface area contributed by atoms with Gasteiger partial charge >= 0.3 is 0 Å². The maximum Gasteiger partial charge on any atom is 0.251 e. The van der Waals surface area contributed by atoms with Gasteiger partial charge in [-0.3, -0.25) is 4.79 Å². The Morgan fingerprint density at radius 3 is 2.42 bits per heavy atom. The van der Waals surface area contributed by atoms with Gasteiger partial charge in [0.2, 0.25) is 0 Å². The van der Waals surface area contributed by atoms with E-state index in [4.69, 9.17) is 32.7 Å². The molecule has 0 bridgehead atoms. The summed E-state index contributed by atoms with van der Waals surface area (Å²) in [6.07, 6.45) is 0. The average molecular weight is 458 g/mol. The van der Waals surface area contributed by atoms with Crippen molar-refractivity contribution in [1.29, 1.82) is 0 Å². The number of hydrogen-bond donors (Lipinski definition) is 1. The van der Waals surface area contributed by atoms with Crippen molar-refractivity contribution in [3.05, 3.63) is 92.0 Å². The summed E-state index contributed by atoms with van der Waals surface area (Å²) in [7, 11) is 1.60. The highest BCUT2D eigenvalue weighted by Gasteiger charge is 2.13. The summed E-state index contributed by atoms with van der Waals surface area (Å²) in [5.41, 5.74) is 5.51. The number of carbonyl (C=O) groups excluding carboxylic acids is 1. The molecule has 0 aliphatic carbocycles. The van der Waals surface area contributed by atoms with Crippen LogP contribution in [-0.2, 0) is 13.2 Å². The maximum absolute atomic E-state index is 12.7. The molecule has 4 nitrogen and oxygen atoms in total. The summed E-state index contributed by atoms with van der Waals surface area (Å²) in [5.74, 6) is 1.28. The summed E-state index contributed by atoms with van der Waals surface area (Å²) >= 11 is 12.1. The molecule has 0 heterocycles. The summed E-state index contributed by atoms with van der Waals surface area (Å²) < 4.78 is 11.5. The lowest BCUT2D eigenvalue weighted by molar-refractivity contribution is 0.0950. The zero-order valence-electron chi connectivity index (χ0n) is 18.0. The van der Waals surface area contributed by atoms with Gasteiger partial charge in [-0.1, -0.05) is 35.3 Å². The molecule has 1 N–H and O–H groups in total. The summed E-state index contributed by atoms with van der Waals surface area (Å²) in [4.78, 5) is 12.7. The third-order valence-corrected chi connectivity index (χ3v) is 5.73. The average Bonchev–Trinajstić information content (AvgIpc) is 2.74. The second-order valence-corrected chi connectivity index (χ2v) is 8.28. The monoisotopic (exact) mass is 457 g/mol. The van der Waals surface area contributed by atoms with Crippen molar-refractivity contribution in [1.82, 2.24) is 5.32 Å². The van der Waals surface area contributed by atoms with E-state index < -0.39 is 0 Å². The second-order valence-electron chi connectivity index (χ2n) is 7.44. The highest BCUT2D eigenvalue weighted by molar-refractivity contribution is 6.35. The number of aryl methyl sites for hydroxylation is 2. The molecule has 0 aromatic heterocycles. The lowest BCUT2D eigenvalue weighted by atomic mass is 10.1. The number of hydrogen-bond acceptors (Lipinski definition) is 3. The Kier molecular flexibility index (Phi) is 7.47. The van der Waals surface area contributed by atoms with E-state index in [-0.39, 0.29) is 12.5 Å². The molecule has 3 rings (SSSR count). The normalized spacial score (nSPS) is 10.6. The quantitative estimate of drug-likeness (QED) is 0.444. The molecule has 3 aromatic carbocycles. The largest absolute Gasteiger partial charge is 0.496 e. The van der Waals surface area contributed by atoms with Gasteiger partial charge in [-0.2, -0.15) is 0 Å². The van der Waals surface area contributed by atoms with Crippen molar-refractivity contribution >= 4 is 29.1 Å². The van der Waals surface area contributed by atoms with Crippen molar-refractivity contribution in [2.24, 2.45) is 0 Å². The van der Waals surface area contributed by atoms with E-state index in [1.807, 2.05) is 19.9 Å². The predicted molar refractivity (Wildman–Crippen MR) is 126 cm³/mol. The third-order valence-electron chi connectivity index (χ3n) is 5.14. The first-order valence-corrected chi connectivity index (χ1v) is 10.6. The molecule has 0 fully saturated rings. The lowest BCUT2D eigenvalue weighted by Gasteiger charge is -2.15. The third kappa shape index (κ3) is 5.72. The molecule has 31 heavy (non-hydrogen) atoms. The molecule has 0 unspecified atom stereocenters. The standard InChI is InChI=1S/C25H25Cl2NO3/c1-15-9-16(2)17(3)24(10-15)31-14-20-11-18(6-8-23(20)30-4)25(29)28-13-19-5-7-21(26)12-22(19)27/h5-12H,13-14H2,1-4H3,(H,28,29). The van der Waals surface area contributed by atoms with E-state index in [9.17, 15) is 4.79 Å². The zero-order valence-corrected chi connectivity index (χ0v) is 19.5. The first-order valence-electron chi connectivity index (χ1n) is 9.88. The first kappa shape index (κ1) is 23.0. The van der Waals surface area contributed by atoms with Gasteiger partial charge in [0.1, 0.15) is 18.1 Å². The number of nitrogens with one attached hydrogen (secondary N) is 1. The van der Waals surface area contributed by atoms with Crippen LogP contribution in [0.2, 0.25) is 10.0 Å². The number of carbonyl (C=O) groups is 1. The van der Waals surface area contributed by atoms with Crippen LogP contribution in [0.4, 0.5) is 0 Å². The van der Waals surface area contributed by atoms with Gasteiger partial charge in [-0.25, -0.2) is 0 Å². The van der Waals surface area contributed by atoms with Crippen LogP contribution in [-0.4, -0.2) is 13.0 Å². The minimum Gasteiger partial charge on any atom is -0.496 e. The van der Waals surface area contributed by atoms with E-state index in [0.29, 0.717) is 27.9 Å². The van der Waals surface area contributed by atoms with Gasteiger partial charge in [0.05, 0.1) is 7.11 Å². The van der Waals surface area contributed by atoms with Crippen LogP contribution in [0.15, 0.2) is 48.5 Å². The molecule has 0 radical (unpaired) electrons. The van der Waals surface area contributed by atoms with Crippen molar-refractivity contribution in [2.75, 3.05) is 7.11 Å². The predicted octanol–water partition coefficient (Wildman–Crippen LogP) is 6.44. The summed E-state index contributed by atoms with van der Waals surface area (Å²) in [6.45, 7) is 6.73. The van der Waals surface area contributed by atoms with Gasteiger partial charge in [0.15, 0.2) is 0 Å². The molecule has 0 aliphatic rings. The van der Waals surface area contributed by atoms with Crippen LogP contribution in [0.3, 0.4) is 0 Å². The number of ether oxygens (including phenoxy) is 2. The van der Waals surface area contributed by atoms with Crippen molar-refractivity contribution in [2.45, 2.75) is 33.9 Å². The highest BCUT2D eigenvalue weighted by Crippen LogP contribution is 2.27. The molecule has 0 spiro atoms. The van der Waals surface area contributed by atoms with E-state index >= 15 is 0 Å². The number of methoxy groups -OCH3 is 1. The topological polar surface area (TPSA) is 47.6 Å².